The van der Waals surface area contributed by atoms with Gasteiger partial charge in [-0.15, -0.1) is 0 Å². The number of allylic oxidation sites excluding steroid dienone is 2. The van der Waals surface area contributed by atoms with E-state index < -0.39 is 17.9 Å². The Morgan fingerprint density at radius 2 is 1.81 bits per heavy atom. The van der Waals surface area contributed by atoms with Crippen molar-refractivity contribution in [2.24, 2.45) is 11.8 Å². The van der Waals surface area contributed by atoms with Crippen molar-refractivity contribution in [3.63, 3.8) is 0 Å². The molecule has 0 saturated carbocycles. The largest absolute Gasteiger partial charge is 0.324 e. The molecule has 0 radical (unpaired) electrons. The standard InChI is InChI=1S/C21H19ClN2O3/c1-12(24-20(26)16-10-9-14(22)11-17(16)21(24)27)19(25)23-18-8-4-6-13-5-2-3-7-15(13)18/h2-9,12,16-17H,10-11H2,1H3,(H,23,25)/t12-,16+,17-/m0/s1. The summed E-state index contributed by atoms with van der Waals surface area (Å²) in [5.41, 5.74) is 0.658. The first-order chi connectivity index (χ1) is 13.0. The number of carbonyl (C=O) groups is 3. The Labute approximate surface area is 162 Å². The summed E-state index contributed by atoms with van der Waals surface area (Å²) in [7, 11) is 0. The molecule has 3 atom stereocenters. The number of likely N-dealkylation sites (tertiary alicyclic amines) is 1. The van der Waals surface area contributed by atoms with Crippen LogP contribution in [0.4, 0.5) is 5.69 Å². The normalized spacial score (nSPS) is 23.2. The van der Waals surface area contributed by atoms with Crippen LogP contribution in [0.15, 0.2) is 53.6 Å². The van der Waals surface area contributed by atoms with Gasteiger partial charge in [-0.1, -0.05) is 54.1 Å². The van der Waals surface area contributed by atoms with E-state index in [0.29, 0.717) is 23.6 Å². The highest BCUT2D eigenvalue weighted by Crippen LogP contribution is 2.39. The van der Waals surface area contributed by atoms with Crippen LogP contribution >= 0.6 is 11.6 Å². The molecular weight excluding hydrogens is 364 g/mol. The topological polar surface area (TPSA) is 66.5 Å². The van der Waals surface area contributed by atoms with Gasteiger partial charge < -0.3 is 5.32 Å². The predicted molar refractivity (Wildman–Crippen MR) is 104 cm³/mol. The third-order valence-corrected chi connectivity index (χ3v) is 5.73. The highest BCUT2D eigenvalue weighted by molar-refractivity contribution is 6.30. The van der Waals surface area contributed by atoms with Crippen LogP contribution in [0.3, 0.4) is 0 Å². The number of fused-ring (bicyclic) bond motifs is 2. The van der Waals surface area contributed by atoms with Crippen LogP contribution in [0.5, 0.6) is 0 Å². The van der Waals surface area contributed by atoms with Crippen molar-refractivity contribution in [3.8, 4) is 0 Å². The molecule has 0 bridgehead atoms. The van der Waals surface area contributed by atoms with Gasteiger partial charge >= 0.3 is 0 Å². The van der Waals surface area contributed by atoms with Crippen LogP contribution in [0, 0.1) is 11.8 Å². The third-order valence-electron chi connectivity index (χ3n) is 5.42. The van der Waals surface area contributed by atoms with Crippen molar-refractivity contribution >= 4 is 45.8 Å². The molecule has 0 aromatic heterocycles. The van der Waals surface area contributed by atoms with E-state index in [2.05, 4.69) is 5.32 Å². The number of anilines is 1. The first kappa shape index (κ1) is 17.7. The Morgan fingerprint density at radius 3 is 2.63 bits per heavy atom. The minimum absolute atomic E-state index is 0.286. The van der Waals surface area contributed by atoms with E-state index in [1.807, 2.05) is 42.5 Å². The SMILES string of the molecule is C[C@@H](C(=O)Nc1cccc2ccccc12)N1C(=O)[C@H]2CC(Cl)=CC[C@H]2C1=O. The fourth-order valence-corrected chi connectivity index (χ4v) is 4.18. The number of benzene rings is 2. The number of imide groups is 1. The zero-order valence-corrected chi connectivity index (χ0v) is 15.6. The number of nitrogens with one attached hydrogen (secondary N) is 1. The molecule has 0 spiro atoms. The lowest BCUT2D eigenvalue weighted by atomic mass is 9.85. The maximum Gasteiger partial charge on any atom is 0.247 e. The molecule has 2 aliphatic rings. The lowest BCUT2D eigenvalue weighted by Crippen LogP contribution is -2.46. The number of hydrogen-bond acceptors (Lipinski definition) is 3. The molecule has 3 amide bonds. The van der Waals surface area contributed by atoms with Crippen LogP contribution in [-0.4, -0.2) is 28.7 Å². The van der Waals surface area contributed by atoms with Gasteiger partial charge in [-0.2, -0.15) is 0 Å². The average molecular weight is 383 g/mol. The summed E-state index contributed by atoms with van der Waals surface area (Å²) >= 11 is 6.05. The van der Waals surface area contributed by atoms with Gasteiger partial charge in [0.05, 0.1) is 11.8 Å². The van der Waals surface area contributed by atoms with Crippen molar-refractivity contribution in [1.82, 2.24) is 4.90 Å². The molecule has 6 heteroatoms. The number of nitrogens with zero attached hydrogens (tertiary/aromatic N) is 1. The molecule has 1 fully saturated rings. The minimum atomic E-state index is -0.881. The van der Waals surface area contributed by atoms with Gasteiger partial charge in [-0.3, -0.25) is 19.3 Å². The molecule has 1 saturated heterocycles. The van der Waals surface area contributed by atoms with Crippen molar-refractivity contribution in [2.45, 2.75) is 25.8 Å². The lowest BCUT2D eigenvalue weighted by Gasteiger charge is -2.22. The zero-order valence-electron chi connectivity index (χ0n) is 14.8. The lowest BCUT2D eigenvalue weighted by molar-refractivity contribution is -0.146. The molecule has 0 unspecified atom stereocenters. The second-order valence-electron chi connectivity index (χ2n) is 7.04. The maximum atomic E-state index is 12.8. The first-order valence-electron chi connectivity index (χ1n) is 8.97. The van der Waals surface area contributed by atoms with Crippen LogP contribution in [0.2, 0.25) is 0 Å². The maximum absolute atomic E-state index is 12.8. The highest BCUT2D eigenvalue weighted by atomic mass is 35.5. The smallest absolute Gasteiger partial charge is 0.247 e. The molecule has 27 heavy (non-hydrogen) atoms. The molecule has 5 nitrogen and oxygen atoms in total. The van der Waals surface area contributed by atoms with Crippen LogP contribution in [0.25, 0.3) is 10.8 Å². The molecule has 2 aromatic carbocycles. The van der Waals surface area contributed by atoms with Gasteiger partial charge in [-0.25, -0.2) is 0 Å². The number of hydrogen-bond donors (Lipinski definition) is 1. The Morgan fingerprint density at radius 1 is 1.11 bits per heavy atom. The number of rotatable bonds is 3. The molecule has 2 aromatic rings. The predicted octanol–water partition coefficient (Wildman–Crippen LogP) is 3.68. The number of amides is 3. The van der Waals surface area contributed by atoms with E-state index in [1.54, 1.807) is 13.0 Å². The number of halogens is 1. The van der Waals surface area contributed by atoms with Crippen molar-refractivity contribution in [1.29, 1.82) is 0 Å². The van der Waals surface area contributed by atoms with E-state index in [4.69, 9.17) is 11.6 Å². The Hall–Kier alpha value is -2.66. The second-order valence-corrected chi connectivity index (χ2v) is 7.53. The fourth-order valence-electron chi connectivity index (χ4n) is 3.92. The van der Waals surface area contributed by atoms with Crippen LogP contribution in [0.1, 0.15) is 19.8 Å². The van der Waals surface area contributed by atoms with Gasteiger partial charge in [0, 0.05) is 16.1 Å². The van der Waals surface area contributed by atoms with Crippen molar-refractivity contribution < 1.29 is 14.4 Å². The second kappa shape index (κ2) is 6.82. The van der Waals surface area contributed by atoms with E-state index in [0.717, 1.165) is 15.7 Å². The van der Waals surface area contributed by atoms with E-state index in [9.17, 15) is 14.4 Å². The molecular formula is C21H19ClN2O3. The third kappa shape index (κ3) is 3.02. The van der Waals surface area contributed by atoms with Gasteiger partial charge in [0.1, 0.15) is 6.04 Å². The highest BCUT2D eigenvalue weighted by Gasteiger charge is 2.51. The monoisotopic (exact) mass is 382 g/mol. The Bertz CT molecular complexity index is 979. The molecule has 1 heterocycles. The Kier molecular flexibility index (Phi) is 4.48. The minimum Gasteiger partial charge on any atom is -0.324 e. The summed E-state index contributed by atoms with van der Waals surface area (Å²) in [6.45, 7) is 1.59. The summed E-state index contributed by atoms with van der Waals surface area (Å²) in [5.74, 6) is -1.84. The Balaban J connectivity index is 1.56. The quantitative estimate of drug-likeness (QED) is 0.823. The van der Waals surface area contributed by atoms with Crippen molar-refractivity contribution in [3.05, 3.63) is 53.6 Å². The number of carbonyl (C=O) groups excluding carboxylic acids is 3. The average Bonchev–Trinajstić information content (AvgIpc) is 2.91. The van der Waals surface area contributed by atoms with E-state index in [1.165, 1.54) is 0 Å². The molecule has 138 valence electrons. The summed E-state index contributed by atoms with van der Waals surface area (Å²) in [5, 5.41) is 5.38. The van der Waals surface area contributed by atoms with Crippen LogP contribution in [-0.2, 0) is 14.4 Å². The molecule has 1 aliphatic heterocycles. The summed E-state index contributed by atoms with van der Waals surface area (Å²) in [6.07, 6.45) is 2.60. The summed E-state index contributed by atoms with van der Waals surface area (Å²) in [6, 6.07) is 12.5. The summed E-state index contributed by atoms with van der Waals surface area (Å²) in [4.78, 5) is 39.4. The van der Waals surface area contributed by atoms with E-state index in [-0.39, 0.29) is 17.7 Å². The van der Waals surface area contributed by atoms with Crippen molar-refractivity contribution in [2.75, 3.05) is 5.32 Å². The molecule has 4 rings (SSSR count). The fraction of sp³-hybridized carbons (Fsp3) is 0.286. The van der Waals surface area contributed by atoms with Gasteiger partial charge in [0.25, 0.3) is 0 Å². The van der Waals surface area contributed by atoms with Gasteiger partial charge in [0.2, 0.25) is 17.7 Å². The molecule has 1 aliphatic carbocycles. The van der Waals surface area contributed by atoms with Gasteiger partial charge in [-0.05, 0) is 31.2 Å². The zero-order chi connectivity index (χ0) is 19.1. The molecule has 1 N–H and O–H groups in total. The first-order valence-corrected chi connectivity index (χ1v) is 9.35. The van der Waals surface area contributed by atoms with E-state index >= 15 is 0 Å². The summed E-state index contributed by atoms with van der Waals surface area (Å²) < 4.78 is 0. The van der Waals surface area contributed by atoms with Crippen LogP contribution < -0.4 is 5.32 Å². The van der Waals surface area contributed by atoms with Gasteiger partial charge in [0.15, 0.2) is 0 Å².